The molecule has 2 nitrogen and oxygen atoms in total. The molecule has 1 N–H and O–H groups in total. The van der Waals surface area contributed by atoms with Gasteiger partial charge in [0.15, 0.2) is 0 Å². The summed E-state index contributed by atoms with van der Waals surface area (Å²) in [6.45, 7) is 3.00. The highest BCUT2D eigenvalue weighted by Gasteiger charge is 2.33. The largest absolute Gasteiger partial charge is 0.389 e. The van der Waals surface area contributed by atoms with Gasteiger partial charge in [-0.2, -0.15) is 0 Å². The molecule has 1 aliphatic heterocycles. The average molecular weight is 338 g/mol. The number of benzene rings is 1. The van der Waals surface area contributed by atoms with Crippen molar-refractivity contribution < 1.29 is 5.11 Å². The zero-order valence-electron chi connectivity index (χ0n) is 12.2. The lowest BCUT2D eigenvalue weighted by Crippen LogP contribution is -2.34. The maximum Gasteiger partial charge on any atom is 0.0772 e. The second-order valence-electron chi connectivity index (χ2n) is 6.33. The maximum absolute atomic E-state index is 9.74. The first-order valence-electron chi connectivity index (χ1n) is 7.91. The standard InChI is InChI=1S/C17H24BrNO/c1-12(20)15-9-8-14(11-16(15)18)19-10-4-7-17(19)13-5-2-3-6-13/h8-9,11-13,17,20H,2-7,10H2,1H3/t12-,17?/m0/s1. The molecule has 3 rings (SSSR count). The van der Waals surface area contributed by atoms with E-state index in [0.717, 1.165) is 22.0 Å². The van der Waals surface area contributed by atoms with Gasteiger partial charge in [0.25, 0.3) is 0 Å². The van der Waals surface area contributed by atoms with Crippen molar-refractivity contribution in [1.82, 2.24) is 0 Å². The van der Waals surface area contributed by atoms with Crippen LogP contribution in [0.1, 0.15) is 57.1 Å². The summed E-state index contributed by atoms with van der Waals surface area (Å²) in [5, 5.41) is 9.74. The van der Waals surface area contributed by atoms with Crippen LogP contribution in [-0.2, 0) is 0 Å². The van der Waals surface area contributed by atoms with E-state index in [9.17, 15) is 5.11 Å². The second kappa shape index (κ2) is 6.07. The van der Waals surface area contributed by atoms with Gasteiger partial charge in [0.1, 0.15) is 0 Å². The van der Waals surface area contributed by atoms with Gasteiger partial charge in [0.05, 0.1) is 6.10 Å². The summed E-state index contributed by atoms with van der Waals surface area (Å²) in [6.07, 6.45) is 7.90. The lowest BCUT2D eigenvalue weighted by atomic mass is 9.95. The Labute approximate surface area is 130 Å². The number of aliphatic hydroxyl groups is 1. The Morgan fingerprint density at radius 2 is 1.95 bits per heavy atom. The SMILES string of the molecule is C[C@H](O)c1ccc(N2CCCC2C2CCCC2)cc1Br. The topological polar surface area (TPSA) is 23.5 Å². The van der Waals surface area contributed by atoms with Gasteiger partial charge in [0, 0.05) is 22.7 Å². The van der Waals surface area contributed by atoms with E-state index in [1.165, 1.54) is 50.8 Å². The third-order valence-corrected chi connectivity index (χ3v) is 5.70. The number of hydrogen-bond acceptors (Lipinski definition) is 2. The van der Waals surface area contributed by atoms with Gasteiger partial charge < -0.3 is 10.0 Å². The molecule has 3 heteroatoms. The molecule has 2 fully saturated rings. The van der Waals surface area contributed by atoms with E-state index >= 15 is 0 Å². The predicted molar refractivity (Wildman–Crippen MR) is 87.1 cm³/mol. The smallest absolute Gasteiger partial charge is 0.0772 e. The molecule has 1 saturated carbocycles. The van der Waals surface area contributed by atoms with Crippen molar-refractivity contribution in [1.29, 1.82) is 0 Å². The molecule has 1 aliphatic carbocycles. The van der Waals surface area contributed by atoms with E-state index in [1.807, 2.05) is 6.92 Å². The summed E-state index contributed by atoms with van der Waals surface area (Å²) in [7, 11) is 0. The fourth-order valence-electron chi connectivity index (χ4n) is 3.98. The summed E-state index contributed by atoms with van der Waals surface area (Å²) < 4.78 is 1.03. The van der Waals surface area contributed by atoms with Crippen molar-refractivity contribution in [2.45, 2.75) is 57.6 Å². The number of halogens is 1. The zero-order valence-corrected chi connectivity index (χ0v) is 13.8. The summed E-state index contributed by atoms with van der Waals surface area (Å²) in [4.78, 5) is 2.60. The minimum absolute atomic E-state index is 0.414. The molecule has 1 saturated heterocycles. The summed E-state index contributed by atoms with van der Waals surface area (Å²) in [5.74, 6) is 0.896. The number of rotatable bonds is 3. The lowest BCUT2D eigenvalue weighted by Gasteiger charge is -2.31. The van der Waals surface area contributed by atoms with Gasteiger partial charge in [-0.05, 0) is 56.2 Å². The monoisotopic (exact) mass is 337 g/mol. The van der Waals surface area contributed by atoms with Crippen LogP contribution in [0, 0.1) is 5.92 Å². The Hall–Kier alpha value is -0.540. The van der Waals surface area contributed by atoms with Crippen molar-refractivity contribution in [2.24, 2.45) is 5.92 Å². The molecule has 0 spiro atoms. The molecule has 1 heterocycles. The third-order valence-electron chi connectivity index (χ3n) is 5.01. The fourth-order valence-corrected chi connectivity index (χ4v) is 4.68. The minimum atomic E-state index is -0.414. The average Bonchev–Trinajstić information content (AvgIpc) is 3.09. The van der Waals surface area contributed by atoms with Crippen LogP contribution in [0.15, 0.2) is 22.7 Å². The van der Waals surface area contributed by atoms with Crippen molar-refractivity contribution in [3.05, 3.63) is 28.2 Å². The Morgan fingerprint density at radius 3 is 2.60 bits per heavy atom. The number of aliphatic hydroxyl groups excluding tert-OH is 1. The van der Waals surface area contributed by atoms with Crippen molar-refractivity contribution in [3.63, 3.8) is 0 Å². The van der Waals surface area contributed by atoms with Crippen LogP contribution >= 0.6 is 15.9 Å². The highest BCUT2D eigenvalue weighted by atomic mass is 79.9. The second-order valence-corrected chi connectivity index (χ2v) is 7.18. The van der Waals surface area contributed by atoms with Gasteiger partial charge in [-0.15, -0.1) is 0 Å². The quantitative estimate of drug-likeness (QED) is 0.866. The minimum Gasteiger partial charge on any atom is -0.389 e. The molecule has 110 valence electrons. The van der Waals surface area contributed by atoms with Crippen molar-refractivity contribution in [3.8, 4) is 0 Å². The van der Waals surface area contributed by atoms with Crippen LogP contribution in [0.4, 0.5) is 5.69 Å². The van der Waals surface area contributed by atoms with E-state index in [0.29, 0.717) is 0 Å². The van der Waals surface area contributed by atoms with Gasteiger partial charge >= 0.3 is 0 Å². The zero-order chi connectivity index (χ0) is 14.1. The molecule has 0 amide bonds. The van der Waals surface area contributed by atoms with Crippen LogP contribution in [0.3, 0.4) is 0 Å². The Balaban J connectivity index is 1.82. The molecule has 0 bridgehead atoms. The van der Waals surface area contributed by atoms with E-state index in [1.54, 1.807) is 0 Å². The molecule has 0 radical (unpaired) electrons. The van der Waals surface area contributed by atoms with Gasteiger partial charge in [0.2, 0.25) is 0 Å². The van der Waals surface area contributed by atoms with Crippen LogP contribution in [0.25, 0.3) is 0 Å². The molecular formula is C17H24BrNO. The number of nitrogens with zero attached hydrogens (tertiary/aromatic N) is 1. The molecule has 1 aromatic rings. The molecule has 2 atom stereocenters. The first-order valence-corrected chi connectivity index (χ1v) is 8.70. The van der Waals surface area contributed by atoms with Gasteiger partial charge in [-0.25, -0.2) is 0 Å². The number of hydrogen-bond donors (Lipinski definition) is 1. The lowest BCUT2D eigenvalue weighted by molar-refractivity contribution is 0.198. The van der Waals surface area contributed by atoms with E-state index < -0.39 is 6.10 Å². The first-order chi connectivity index (χ1) is 9.66. The van der Waals surface area contributed by atoms with Crippen LogP contribution < -0.4 is 4.90 Å². The van der Waals surface area contributed by atoms with Crippen LogP contribution in [0.2, 0.25) is 0 Å². The summed E-state index contributed by atoms with van der Waals surface area (Å²) in [5.41, 5.74) is 2.29. The van der Waals surface area contributed by atoms with E-state index in [4.69, 9.17) is 0 Å². The van der Waals surface area contributed by atoms with Gasteiger partial charge in [-0.1, -0.05) is 34.8 Å². The molecule has 1 aromatic carbocycles. The highest BCUT2D eigenvalue weighted by molar-refractivity contribution is 9.10. The van der Waals surface area contributed by atoms with E-state index in [-0.39, 0.29) is 0 Å². The Bertz CT molecular complexity index is 468. The summed E-state index contributed by atoms with van der Waals surface area (Å²) >= 11 is 3.61. The number of anilines is 1. The van der Waals surface area contributed by atoms with Crippen LogP contribution in [0.5, 0.6) is 0 Å². The molecule has 0 aromatic heterocycles. The summed E-state index contributed by atoms with van der Waals surface area (Å²) in [6, 6.07) is 7.17. The van der Waals surface area contributed by atoms with Crippen molar-refractivity contribution >= 4 is 21.6 Å². The van der Waals surface area contributed by atoms with E-state index in [2.05, 4.69) is 39.0 Å². The Kier molecular flexibility index (Phi) is 4.37. The molecule has 20 heavy (non-hydrogen) atoms. The Morgan fingerprint density at radius 1 is 1.20 bits per heavy atom. The first kappa shape index (κ1) is 14.4. The molecule has 2 aliphatic rings. The third kappa shape index (κ3) is 2.75. The fraction of sp³-hybridized carbons (Fsp3) is 0.647. The normalized spacial score (nSPS) is 25.4. The maximum atomic E-state index is 9.74. The molecular weight excluding hydrogens is 314 g/mol. The predicted octanol–water partition coefficient (Wildman–Crippen LogP) is 4.66. The van der Waals surface area contributed by atoms with Gasteiger partial charge in [-0.3, -0.25) is 0 Å². The van der Waals surface area contributed by atoms with Crippen molar-refractivity contribution in [2.75, 3.05) is 11.4 Å². The van der Waals surface area contributed by atoms with Crippen LogP contribution in [-0.4, -0.2) is 17.7 Å². The molecule has 1 unspecified atom stereocenters. The highest BCUT2D eigenvalue weighted by Crippen LogP contribution is 2.39.